The van der Waals surface area contributed by atoms with Gasteiger partial charge in [0, 0.05) is 45.3 Å². The number of amides is 2. The molecule has 1 atom stereocenters. The van der Waals surface area contributed by atoms with Crippen molar-refractivity contribution in [2.45, 2.75) is 57.5 Å². The van der Waals surface area contributed by atoms with Crippen molar-refractivity contribution in [2.75, 3.05) is 45.8 Å². The number of hydrogen-bond donors (Lipinski definition) is 1. The zero-order valence-corrected chi connectivity index (χ0v) is 18.8. The predicted molar refractivity (Wildman–Crippen MR) is 122 cm³/mol. The first kappa shape index (κ1) is 22.3. The molecule has 0 radical (unpaired) electrons. The summed E-state index contributed by atoms with van der Waals surface area (Å²) in [5.41, 5.74) is 1.33. The van der Waals surface area contributed by atoms with Crippen molar-refractivity contribution < 1.29 is 9.59 Å². The van der Waals surface area contributed by atoms with Gasteiger partial charge in [-0.15, -0.1) is 0 Å². The van der Waals surface area contributed by atoms with E-state index in [4.69, 9.17) is 0 Å². The van der Waals surface area contributed by atoms with Gasteiger partial charge in [-0.1, -0.05) is 49.6 Å². The number of carbonyl (C=O) groups excluding carboxylic acids is 2. The number of nitrogens with one attached hydrogen (secondary N) is 1. The lowest BCUT2D eigenvalue weighted by Gasteiger charge is -2.37. The summed E-state index contributed by atoms with van der Waals surface area (Å²) >= 11 is 0. The molecule has 0 bridgehead atoms. The zero-order valence-electron chi connectivity index (χ0n) is 18.8. The Kier molecular flexibility index (Phi) is 7.97. The molecule has 1 unspecified atom stereocenters. The van der Waals surface area contributed by atoms with E-state index >= 15 is 0 Å². The molecule has 3 aliphatic rings. The van der Waals surface area contributed by atoms with Crippen LogP contribution < -0.4 is 5.32 Å². The van der Waals surface area contributed by atoms with Crippen LogP contribution in [-0.2, 0) is 16.1 Å². The number of piperidine rings is 1. The number of rotatable bonds is 6. The fourth-order valence-corrected chi connectivity index (χ4v) is 5.27. The summed E-state index contributed by atoms with van der Waals surface area (Å²) in [6.45, 7) is 6.49. The molecule has 2 saturated heterocycles. The highest BCUT2D eigenvalue weighted by Crippen LogP contribution is 2.21. The van der Waals surface area contributed by atoms with E-state index in [0.717, 1.165) is 71.5 Å². The molecule has 1 aliphatic carbocycles. The van der Waals surface area contributed by atoms with Crippen LogP contribution in [-0.4, -0.2) is 78.4 Å². The zero-order chi connectivity index (χ0) is 21.5. The number of piperazine rings is 1. The molecular weight excluding hydrogens is 388 g/mol. The summed E-state index contributed by atoms with van der Waals surface area (Å²) in [5.74, 6) is 0.456. The first-order valence-electron chi connectivity index (χ1n) is 12.2. The molecular formula is C25H38N4O2. The second-order valence-corrected chi connectivity index (χ2v) is 9.56. The molecule has 4 rings (SSSR count). The van der Waals surface area contributed by atoms with Crippen LogP contribution in [0.4, 0.5) is 0 Å². The number of likely N-dealkylation sites (tertiary alicyclic amines) is 1. The third-order valence-electron chi connectivity index (χ3n) is 7.16. The van der Waals surface area contributed by atoms with Crippen LogP contribution in [0, 0.1) is 5.92 Å². The van der Waals surface area contributed by atoms with Crippen LogP contribution >= 0.6 is 0 Å². The maximum atomic E-state index is 12.9. The van der Waals surface area contributed by atoms with Gasteiger partial charge in [0.1, 0.15) is 0 Å². The molecule has 3 fully saturated rings. The Morgan fingerprint density at radius 2 is 1.58 bits per heavy atom. The molecule has 170 valence electrons. The van der Waals surface area contributed by atoms with E-state index < -0.39 is 0 Å². The van der Waals surface area contributed by atoms with E-state index in [2.05, 4.69) is 39.4 Å². The quantitative estimate of drug-likeness (QED) is 0.759. The highest BCUT2D eigenvalue weighted by Gasteiger charge is 2.30. The molecule has 6 nitrogen and oxygen atoms in total. The standard InChI is InChI=1S/C25H38N4O2/c30-24(29-16-14-27(15-17-29)18-21-8-3-1-4-9-21)20-28-13-7-10-22(19-28)25(31)26-23-11-5-2-6-12-23/h1,3-4,8-9,22-23H,2,5-7,10-20H2,(H,26,31). The topological polar surface area (TPSA) is 55.9 Å². The van der Waals surface area contributed by atoms with Gasteiger partial charge in [0.2, 0.25) is 11.8 Å². The van der Waals surface area contributed by atoms with Crippen LogP contribution in [0.3, 0.4) is 0 Å². The summed E-state index contributed by atoms with van der Waals surface area (Å²) in [5, 5.41) is 3.28. The van der Waals surface area contributed by atoms with Crippen molar-refractivity contribution in [3.05, 3.63) is 35.9 Å². The van der Waals surface area contributed by atoms with Crippen LogP contribution in [0.25, 0.3) is 0 Å². The monoisotopic (exact) mass is 426 g/mol. The van der Waals surface area contributed by atoms with Gasteiger partial charge in [0.05, 0.1) is 12.5 Å². The molecule has 2 heterocycles. The van der Waals surface area contributed by atoms with Gasteiger partial charge < -0.3 is 10.2 Å². The van der Waals surface area contributed by atoms with Crippen molar-refractivity contribution in [1.82, 2.24) is 20.0 Å². The highest BCUT2D eigenvalue weighted by molar-refractivity contribution is 5.80. The van der Waals surface area contributed by atoms with Gasteiger partial charge in [-0.2, -0.15) is 0 Å². The van der Waals surface area contributed by atoms with Crippen molar-refractivity contribution in [2.24, 2.45) is 5.92 Å². The van der Waals surface area contributed by atoms with Crippen LogP contribution in [0.15, 0.2) is 30.3 Å². The van der Waals surface area contributed by atoms with Gasteiger partial charge in [0.25, 0.3) is 0 Å². The van der Waals surface area contributed by atoms with Crippen molar-refractivity contribution in [3.63, 3.8) is 0 Å². The van der Waals surface area contributed by atoms with Gasteiger partial charge in [-0.25, -0.2) is 0 Å². The number of benzene rings is 1. The lowest BCUT2D eigenvalue weighted by molar-refractivity contribution is -0.136. The normalized spacial score (nSPS) is 24.1. The van der Waals surface area contributed by atoms with Gasteiger partial charge >= 0.3 is 0 Å². The molecule has 0 spiro atoms. The van der Waals surface area contributed by atoms with E-state index in [1.807, 2.05) is 11.0 Å². The molecule has 0 aromatic heterocycles. The summed E-state index contributed by atoms with van der Waals surface area (Å²) < 4.78 is 0. The first-order chi connectivity index (χ1) is 15.2. The largest absolute Gasteiger partial charge is 0.353 e. The average Bonchev–Trinajstić information content (AvgIpc) is 2.81. The minimum absolute atomic E-state index is 0.0335. The molecule has 31 heavy (non-hydrogen) atoms. The third-order valence-corrected chi connectivity index (χ3v) is 7.16. The van der Waals surface area contributed by atoms with Crippen molar-refractivity contribution in [3.8, 4) is 0 Å². The minimum Gasteiger partial charge on any atom is -0.353 e. The van der Waals surface area contributed by atoms with Gasteiger partial charge in [-0.05, 0) is 37.8 Å². The molecule has 6 heteroatoms. The van der Waals surface area contributed by atoms with Crippen LogP contribution in [0.2, 0.25) is 0 Å². The van der Waals surface area contributed by atoms with E-state index in [-0.39, 0.29) is 17.7 Å². The number of hydrogen-bond acceptors (Lipinski definition) is 4. The maximum absolute atomic E-state index is 12.9. The second kappa shape index (κ2) is 11.1. The molecule has 2 aliphatic heterocycles. The highest BCUT2D eigenvalue weighted by atomic mass is 16.2. The first-order valence-corrected chi connectivity index (χ1v) is 12.2. The van der Waals surface area contributed by atoms with Crippen LogP contribution in [0.5, 0.6) is 0 Å². The number of carbonyl (C=O) groups is 2. The smallest absolute Gasteiger partial charge is 0.236 e. The third kappa shape index (κ3) is 6.53. The van der Waals surface area contributed by atoms with E-state index in [0.29, 0.717) is 12.6 Å². The SMILES string of the molecule is O=C(NC1CCCCC1)C1CCCN(CC(=O)N2CCN(Cc3ccccc3)CC2)C1. The Balaban J connectivity index is 1.19. The van der Waals surface area contributed by atoms with E-state index in [9.17, 15) is 9.59 Å². The molecule has 1 N–H and O–H groups in total. The molecule has 2 amide bonds. The van der Waals surface area contributed by atoms with Gasteiger partial charge in [-0.3, -0.25) is 19.4 Å². The summed E-state index contributed by atoms with van der Waals surface area (Å²) in [4.78, 5) is 32.3. The average molecular weight is 427 g/mol. The minimum atomic E-state index is 0.0335. The Morgan fingerprint density at radius 1 is 0.839 bits per heavy atom. The number of nitrogens with zero attached hydrogens (tertiary/aromatic N) is 3. The summed E-state index contributed by atoms with van der Waals surface area (Å²) in [7, 11) is 0. The van der Waals surface area contributed by atoms with E-state index in [1.54, 1.807) is 0 Å². The molecule has 1 aromatic rings. The predicted octanol–water partition coefficient (Wildman–Crippen LogP) is 2.49. The Bertz CT molecular complexity index is 711. The van der Waals surface area contributed by atoms with Gasteiger partial charge in [0.15, 0.2) is 0 Å². The van der Waals surface area contributed by atoms with E-state index in [1.165, 1.54) is 24.8 Å². The Labute approximate surface area is 187 Å². The maximum Gasteiger partial charge on any atom is 0.236 e. The lowest BCUT2D eigenvalue weighted by Crippen LogP contribution is -2.52. The fraction of sp³-hybridized carbons (Fsp3) is 0.680. The van der Waals surface area contributed by atoms with Crippen molar-refractivity contribution >= 4 is 11.8 Å². The second-order valence-electron chi connectivity index (χ2n) is 9.56. The summed E-state index contributed by atoms with van der Waals surface area (Å²) in [6, 6.07) is 10.9. The lowest BCUT2D eigenvalue weighted by atomic mass is 9.93. The van der Waals surface area contributed by atoms with Crippen molar-refractivity contribution in [1.29, 1.82) is 0 Å². The molecule has 1 saturated carbocycles. The fourth-order valence-electron chi connectivity index (χ4n) is 5.27. The Hall–Kier alpha value is -1.92. The molecule has 1 aromatic carbocycles. The summed E-state index contributed by atoms with van der Waals surface area (Å²) in [6.07, 6.45) is 7.95. The Morgan fingerprint density at radius 3 is 2.32 bits per heavy atom. The van der Waals surface area contributed by atoms with Crippen LogP contribution in [0.1, 0.15) is 50.5 Å².